The van der Waals surface area contributed by atoms with E-state index in [-0.39, 0.29) is 13.1 Å². The van der Waals surface area contributed by atoms with Crippen LogP contribution in [0.25, 0.3) is 0 Å². The largest absolute Gasteiger partial charge is 0.351 e. The van der Waals surface area contributed by atoms with Crippen LogP contribution in [-0.4, -0.2) is 55.7 Å². The van der Waals surface area contributed by atoms with Crippen molar-refractivity contribution < 1.29 is 18.0 Å². The van der Waals surface area contributed by atoms with Crippen molar-refractivity contribution in [2.24, 2.45) is 5.73 Å². The highest BCUT2D eigenvalue weighted by atomic mass is 32.2. The fourth-order valence-corrected chi connectivity index (χ4v) is 5.66. The third-order valence-corrected chi connectivity index (χ3v) is 7.61. The zero-order chi connectivity index (χ0) is 19.4. The minimum absolute atomic E-state index is 0.257. The molecule has 2 heterocycles. The number of benzene rings is 1. The number of thiophene rings is 1. The molecule has 1 aliphatic heterocycles. The van der Waals surface area contributed by atoms with Gasteiger partial charge in [0.15, 0.2) is 0 Å². The molecule has 2 aromatic rings. The van der Waals surface area contributed by atoms with E-state index in [1.807, 2.05) is 11.0 Å². The second-order valence-electron chi connectivity index (χ2n) is 6.04. The first-order valence-corrected chi connectivity index (χ1v) is 10.6. The van der Waals surface area contributed by atoms with Crippen LogP contribution < -0.4 is 11.1 Å². The number of sulfonamides is 1. The number of nitrogens with zero attached hydrogens (tertiary/aromatic N) is 2. The number of hydrogen-bond acceptors (Lipinski definition) is 6. The van der Waals surface area contributed by atoms with Crippen LogP contribution in [0, 0.1) is 0 Å². The lowest BCUT2D eigenvalue weighted by molar-refractivity contribution is -0.126. The molecule has 1 aliphatic rings. The Labute approximate surface area is 161 Å². The van der Waals surface area contributed by atoms with Gasteiger partial charge in [0, 0.05) is 26.2 Å². The number of rotatable bonds is 5. The predicted molar refractivity (Wildman–Crippen MR) is 102 cm³/mol. The van der Waals surface area contributed by atoms with E-state index in [2.05, 4.69) is 5.32 Å². The summed E-state index contributed by atoms with van der Waals surface area (Å²) in [5.41, 5.74) is 5.81. The molecule has 10 heteroatoms. The van der Waals surface area contributed by atoms with Gasteiger partial charge in [-0.25, -0.2) is 13.2 Å². The molecule has 1 atom stereocenters. The van der Waals surface area contributed by atoms with Gasteiger partial charge in [0.1, 0.15) is 10.3 Å². The molecule has 1 aromatic heterocycles. The Bertz CT molecular complexity index is 892. The van der Waals surface area contributed by atoms with Gasteiger partial charge < -0.3 is 5.73 Å². The van der Waals surface area contributed by atoms with Crippen LogP contribution >= 0.6 is 11.3 Å². The smallest absolute Gasteiger partial charge is 0.318 e. The summed E-state index contributed by atoms with van der Waals surface area (Å²) in [4.78, 5) is 25.5. The lowest BCUT2D eigenvalue weighted by atomic mass is 10.0. The highest BCUT2D eigenvalue weighted by Gasteiger charge is 2.35. The number of imide groups is 1. The van der Waals surface area contributed by atoms with E-state index in [1.54, 1.807) is 41.8 Å². The van der Waals surface area contributed by atoms with Gasteiger partial charge in [-0.2, -0.15) is 4.31 Å². The number of primary amides is 1. The topological polar surface area (TPSA) is 113 Å². The van der Waals surface area contributed by atoms with Gasteiger partial charge in [-0.15, -0.1) is 11.3 Å². The molecule has 3 N–H and O–H groups in total. The molecule has 0 saturated carbocycles. The third kappa shape index (κ3) is 4.35. The minimum Gasteiger partial charge on any atom is -0.351 e. The molecular formula is C17H20N4O4S2. The van der Waals surface area contributed by atoms with Crippen molar-refractivity contribution in [3.8, 4) is 0 Å². The number of amides is 3. The summed E-state index contributed by atoms with van der Waals surface area (Å²) in [5.74, 6) is -0.525. The van der Waals surface area contributed by atoms with Crippen LogP contribution in [0.1, 0.15) is 11.6 Å². The van der Waals surface area contributed by atoms with E-state index in [0.29, 0.717) is 22.9 Å². The molecule has 27 heavy (non-hydrogen) atoms. The number of hydrogen-bond donors (Lipinski definition) is 2. The molecule has 1 aromatic carbocycles. The molecule has 3 rings (SSSR count). The van der Waals surface area contributed by atoms with E-state index in [1.165, 1.54) is 15.6 Å². The lowest BCUT2D eigenvalue weighted by Gasteiger charge is -2.37. The van der Waals surface area contributed by atoms with Gasteiger partial charge in [-0.1, -0.05) is 36.4 Å². The first kappa shape index (κ1) is 19.5. The van der Waals surface area contributed by atoms with Crippen molar-refractivity contribution in [1.29, 1.82) is 0 Å². The summed E-state index contributed by atoms with van der Waals surface area (Å²) in [5, 5.41) is 3.86. The molecule has 144 valence electrons. The summed E-state index contributed by atoms with van der Waals surface area (Å²) in [6.07, 6.45) is 0. The van der Waals surface area contributed by atoms with Crippen LogP contribution in [0.15, 0.2) is 52.1 Å². The first-order valence-electron chi connectivity index (χ1n) is 8.32. The molecule has 3 amide bonds. The number of carbonyl (C=O) groups is 2. The normalized spacial score (nSPS) is 17.3. The number of nitrogens with two attached hydrogens (primary N) is 1. The molecule has 1 unspecified atom stereocenters. The quantitative estimate of drug-likeness (QED) is 0.766. The van der Waals surface area contributed by atoms with Crippen LogP contribution in [0.3, 0.4) is 0 Å². The Balaban J connectivity index is 1.76. The zero-order valence-electron chi connectivity index (χ0n) is 14.4. The number of piperazine rings is 1. The SMILES string of the molecule is NC(=O)NC(=O)C(c1ccccc1)N1CCN(S(=O)(=O)c2cccs2)CC1. The Morgan fingerprint density at radius 1 is 1.04 bits per heavy atom. The highest BCUT2D eigenvalue weighted by molar-refractivity contribution is 7.91. The van der Waals surface area contributed by atoms with Crippen molar-refractivity contribution in [1.82, 2.24) is 14.5 Å². The van der Waals surface area contributed by atoms with Crippen LogP contribution in [-0.2, 0) is 14.8 Å². The highest BCUT2D eigenvalue weighted by Crippen LogP contribution is 2.26. The van der Waals surface area contributed by atoms with Crippen LogP contribution in [0.4, 0.5) is 4.79 Å². The van der Waals surface area contributed by atoms with Gasteiger partial charge in [0.2, 0.25) is 5.91 Å². The second kappa shape index (κ2) is 8.17. The van der Waals surface area contributed by atoms with E-state index >= 15 is 0 Å². The molecule has 0 bridgehead atoms. The van der Waals surface area contributed by atoms with Gasteiger partial charge >= 0.3 is 6.03 Å². The zero-order valence-corrected chi connectivity index (χ0v) is 16.1. The first-order chi connectivity index (χ1) is 12.9. The van der Waals surface area contributed by atoms with Gasteiger partial charge in [0.05, 0.1) is 0 Å². The molecule has 0 aliphatic carbocycles. The molecule has 1 fully saturated rings. The maximum absolute atomic E-state index is 12.7. The van der Waals surface area contributed by atoms with Crippen molar-refractivity contribution in [3.05, 3.63) is 53.4 Å². The standard InChI is InChI=1S/C17H20N4O4S2/c18-17(23)19-16(22)15(13-5-2-1-3-6-13)20-8-10-21(11-9-20)27(24,25)14-7-4-12-26-14/h1-7,12,15H,8-11H2,(H3,18,19,22,23). The minimum atomic E-state index is -3.52. The van der Waals surface area contributed by atoms with E-state index in [9.17, 15) is 18.0 Å². The molecule has 0 radical (unpaired) electrons. The van der Waals surface area contributed by atoms with Gasteiger partial charge in [-0.3, -0.25) is 15.0 Å². The van der Waals surface area contributed by atoms with Crippen molar-refractivity contribution in [2.75, 3.05) is 26.2 Å². The van der Waals surface area contributed by atoms with E-state index in [0.717, 1.165) is 0 Å². The predicted octanol–water partition coefficient (Wildman–Crippen LogP) is 0.991. The Morgan fingerprint density at radius 2 is 1.70 bits per heavy atom. The van der Waals surface area contributed by atoms with Gasteiger partial charge in [-0.05, 0) is 17.0 Å². The Kier molecular flexibility index (Phi) is 5.90. The summed E-state index contributed by atoms with van der Waals surface area (Å²) in [6, 6.07) is 10.7. The maximum atomic E-state index is 12.7. The second-order valence-corrected chi connectivity index (χ2v) is 9.15. The van der Waals surface area contributed by atoms with Crippen molar-refractivity contribution in [3.63, 3.8) is 0 Å². The lowest BCUT2D eigenvalue weighted by Crippen LogP contribution is -2.53. The van der Waals surface area contributed by atoms with Crippen molar-refractivity contribution >= 4 is 33.3 Å². The average molecular weight is 409 g/mol. The molecule has 0 spiro atoms. The number of urea groups is 1. The number of nitrogens with one attached hydrogen (secondary N) is 1. The Hall–Kier alpha value is -2.27. The summed E-state index contributed by atoms with van der Waals surface area (Å²) in [7, 11) is -3.52. The summed E-state index contributed by atoms with van der Waals surface area (Å²) < 4.78 is 27.0. The van der Waals surface area contributed by atoms with Crippen LogP contribution in [0.2, 0.25) is 0 Å². The van der Waals surface area contributed by atoms with Crippen LogP contribution in [0.5, 0.6) is 0 Å². The summed E-state index contributed by atoms with van der Waals surface area (Å²) in [6.45, 7) is 1.23. The van der Waals surface area contributed by atoms with E-state index in [4.69, 9.17) is 5.73 Å². The monoisotopic (exact) mass is 408 g/mol. The maximum Gasteiger partial charge on any atom is 0.318 e. The molecule has 8 nitrogen and oxygen atoms in total. The Morgan fingerprint density at radius 3 is 2.26 bits per heavy atom. The fourth-order valence-electron chi connectivity index (χ4n) is 3.09. The van der Waals surface area contributed by atoms with Gasteiger partial charge in [0.25, 0.3) is 10.0 Å². The van der Waals surface area contributed by atoms with Crippen molar-refractivity contribution in [2.45, 2.75) is 10.3 Å². The summed E-state index contributed by atoms with van der Waals surface area (Å²) >= 11 is 1.18. The number of carbonyl (C=O) groups excluding carboxylic acids is 2. The van der Waals surface area contributed by atoms with E-state index < -0.39 is 28.0 Å². The fraction of sp³-hybridized carbons (Fsp3) is 0.294. The molecular weight excluding hydrogens is 388 g/mol. The average Bonchev–Trinajstić information content (AvgIpc) is 3.18. The molecule has 1 saturated heterocycles. The third-order valence-electron chi connectivity index (χ3n) is 4.34.